The van der Waals surface area contributed by atoms with Crippen molar-refractivity contribution >= 4 is 11.9 Å². The minimum atomic E-state index is -0.469. The van der Waals surface area contributed by atoms with Gasteiger partial charge in [-0.1, -0.05) is 13.8 Å². The summed E-state index contributed by atoms with van der Waals surface area (Å²) in [6.45, 7) is 6.50. The van der Waals surface area contributed by atoms with E-state index in [1.165, 1.54) is 0 Å². The number of hydrogen-bond donors (Lipinski definition) is 3. The molecule has 7 nitrogen and oxygen atoms in total. The van der Waals surface area contributed by atoms with Crippen molar-refractivity contribution in [2.75, 3.05) is 24.2 Å². The molecule has 0 aliphatic rings. The van der Waals surface area contributed by atoms with Crippen LogP contribution in [0.3, 0.4) is 0 Å². The molecule has 1 rings (SSSR count). The maximum atomic E-state index is 9.63. The highest BCUT2D eigenvalue weighted by atomic mass is 16.5. The lowest BCUT2D eigenvalue weighted by Crippen LogP contribution is -2.25. The van der Waals surface area contributed by atoms with E-state index >= 15 is 0 Å². The largest absolute Gasteiger partial charge is 0.464 e. The highest BCUT2D eigenvalue weighted by Gasteiger charge is 2.10. The van der Waals surface area contributed by atoms with Gasteiger partial charge in [0.15, 0.2) is 0 Å². The Balaban J connectivity index is 2.64. The normalized spacial score (nSPS) is 12.5. The molecule has 1 aromatic rings. The number of nitrogens with one attached hydrogen (secondary N) is 1. The van der Waals surface area contributed by atoms with Gasteiger partial charge in [-0.15, -0.1) is 0 Å². The fourth-order valence-electron chi connectivity index (χ4n) is 1.08. The fraction of sp³-hybridized carbons (Fsp3) is 0.700. The molecule has 0 fully saturated rings. The average molecular weight is 241 g/mol. The number of hydrogen-bond acceptors (Lipinski definition) is 7. The Hall–Kier alpha value is -1.63. The van der Waals surface area contributed by atoms with Crippen LogP contribution in [-0.4, -0.2) is 39.3 Å². The summed E-state index contributed by atoms with van der Waals surface area (Å²) in [7, 11) is 0. The van der Waals surface area contributed by atoms with Crippen molar-refractivity contribution < 1.29 is 9.84 Å². The van der Waals surface area contributed by atoms with Crippen LogP contribution in [0.4, 0.5) is 11.9 Å². The van der Waals surface area contributed by atoms with E-state index in [0.717, 1.165) is 0 Å². The van der Waals surface area contributed by atoms with Gasteiger partial charge in [0.1, 0.15) is 0 Å². The molecule has 0 amide bonds. The molecular weight excluding hydrogens is 222 g/mol. The summed E-state index contributed by atoms with van der Waals surface area (Å²) in [4.78, 5) is 11.7. The van der Waals surface area contributed by atoms with E-state index in [4.69, 9.17) is 10.5 Å². The van der Waals surface area contributed by atoms with Crippen LogP contribution in [-0.2, 0) is 0 Å². The molecule has 0 saturated heterocycles. The van der Waals surface area contributed by atoms with E-state index in [-0.39, 0.29) is 17.9 Å². The smallest absolute Gasteiger partial charge is 0.323 e. The van der Waals surface area contributed by atoms with E-state index in [1.54, 1.807) is 0 Å². The molecule has 0 aliphatic carbocycles. The zero-order chi connectivity index (χ0) is 12.8. The Kier molecular flexibility index (Phi) is 4.89. The van der Waals surface area contributed by atoms with E-state index in [0.29, 0.717) is 19.1 Å². The Morgan fingerprint density at radius 2 is 2.06 bits per heavy atom. The predicted molar refractivity (Wildman–Crippen MR) is 64.7 cm³/mol. The third-order valence-electron chi connectivity index (χ3n) is 2.14. The summed E-state index contributed by atoms with van der Waals surface area (Å²) in [5.41, 5.74) is 5.51. The van der Waals surface area contributed by atoms with Crippen LogP contribution >= 0.6 is 0 Å². The first-order valence-corrected chi connectivity index (χ1v) is 5.59. The van der Waals surface area contributed by atoms with Gasteiger partial charge >= 0.3 is 6.01 Å². The first-order valence-electron chi connectivity index (χ1n) is 5.59. The first-order chi connectivity index (χ1) is 8.02. The van der Waals surface area contributed by atoms with Crippen LogP contribution in [0.5, 0.6) is 6.01 Å². The van der Waals surface area contributed by atoms with Gasteiger partial charge < -0.3 is 20.9 Å². The SMILES string of the molecule is CCOc1nc(N)nc(NCC(O)C(C)C)n1. The average Bonchev–Trinajstić information content (AvgIpc) is 2.25. The molecule has 7 heteroatoms. The molecule has 0 spiro atoms. The van der Waals surface area contributed by atoms with Crippen molar-refractivity contribution in [1.82, 2.24) is 15.0 Å². The van der Waals surface area contributed by atoms with Crippen molar-refractivity contribution in [1.29, 1.82) is 0 Å². The molecule has 0 bridgehead atoms. The lowest BCUT2D eigenvalue weighted by molar-refractivity contribution is 0.137. The van der Waals surface area contributed by atoms with Gasteiger partial charge in [0, 0.05) is 6.54 Å². The third kappa shape index (κ3) is 4.39. The fourth-order valence-corrected chi connectivity index (χ4v) is 1.08. The maximum absolute atomic E-state index is 9.63. The van der Waals surface area contributed by atoms with Gasteiger partial charge in [0.2, 0.25) is 11.9 Å². The standard InChI is InChI=1S/C10H19N5O2/c1-4-17-10-14-8(11)13-9(15-10)12-5-7(16)6(2)3/h6-7,16H,4-5H2,1-3H3,(H3,11,12,13,14,15). The zero-order valence-corrected chi connectivity index (χ0v) is 10.3. The van der Waals surface area contributed by atoms with Gasteiger partial charge in [-0.3, -0.25) is 0 Å². The number of nitrogens with zero attached hydrogens (tertiary/aromatic N) is 3. The number of nitrogen functional groups attached to an aromatic ring is 1. The minimum absolute atomic E-state index is 0.0880. The molecule has 1 heterocycles. The van der Waals surface area contributed by atoms with E-state index in [9.17, 15) is 5.11 Å². The van der Waals surface area contributed by atoms with Crippen LogP contribution in [0.25, 0.3) is 0 Å². The second kappa shape index (κ2) is 6.19. The quantitative estimate of drug-likeness (QED) is 0.656. The van der Waals surface area contributed by atoms with Gasteiger partial charge in [-0.2, -0.15) is 15.0 Å². The molecule has 0 saturated carbocycles. The summed E-state index contributed by atoms with van der Waals surface area (Å²) >= 11 is 0. The lowest BCUT2D eigenvalue weighted by atomic mass is 10.1. The highest BCUT2D eigenvalue weighted by Crippen LogP contribution is 2.09. The summed E-state index contributed by atoms with van der Waals surface area (Å²) in [5, 5.41) is 12.5. The monoisotopic (exact) mass is 241 g/mol. The van der Waals surface area contributed by atoms with Gasteiger partial charge in [0.05, 0.1) is 12.7 Å². The van der Waals surface area contributed by atoms with Crippen molar-refractivity contribution in [2.24, 2.45) is 5.92 Å². The number of aliphatic hydroxyl groups is 1. The summed E-state index contributed by atoms with van der Waals surface area (Å²) in [6.07, 6.45) is -0.469. The van der Waals surface area contributed by atoms with Gasteiger partial charge in [0.25, 0.3) is 0 Å². The maximum Gasteiger partial charge on any atom is 0.323 e. The second-order valence-corrected chi connectivity index (χ2v) is 3.93. The molecule has 1 unspecified atom stereocenters. The number of ether oxygens (including phenoxy) is 1. The zero-order valence-electron chi connectivity index (χ0n) is 10.3. The highest BCUT2D eigenvalue weighted by molar-refractivity contribution is 5.32. The number of anilines is 2. The third-order valence-corrected chi connectivity index (χ3v) is 2.14. The van der Waals surface area contributed by atoms with Gasteiger partial charge in [-0.05, 0) is 12.8 Å². The van der Waals surface area contributed by atoms with Crippen molar-refractivity contribution in [3.8, 4) is 6.01 Å². The molecule has 0 aromatic carbocycles. The first kappa shape index (κ1) is 13.4. The van der Waals surface area contributed by atoms with Crippen LogP contribution in [0.15, 0.2) is 0 Å². The second-order valence-electron chi connectivity index (χ2n) is 3.93. The molecule has 0 aliphatic heterocycles. The van der Waals surface area contributed by atoms with Gasteiger partial charge in [-0.25, -0.2) is 0 Å². The van der Waals surface area contributed by atoms with Crippen LogP contribution in [0.2, 0.25) is 0 Å². The van der Waals surface area contributed by atoms with E-state index in [2.05, 4.69) is 20.3 Å². The molecule has 1 aromatic heterocycles. The number of aliphatic hydroxyl groups excluding tert-OH is 1. The Morgan fingerprint density at radius 1 is 1.35 bits per heavy atom. The molecule has 0 radical (unpaired) electrons. The van der Waals surface area contributed by atoms with Crippen LogP contribution < -0.4 is 15.8 Å². The molecule has 1 atom stereocenters. The Morgan fingerprint density at radius 3 is 2.65 bits per heavy atom. The molecule has 17 heavy (non-hydrogen) atoms. The van der Waals surface area contributed by atoms with Crippen molar-refractivity contribution in [3.63, 3.8) is 0 Å². The van der Waals surface area contributed by atoms with E-state index < -0.39 is 6.10 Å². The van der Waals surface area contributed by atoms with Crippen molar-refractivity contribution in [3.05, 3.63) is 0 Å². The molecular formula is C10H19N5O2. The van der Waals surface area contributed by atoms with Crippen LogP contribution in [0, 0.1) is 5.92 Å². The Bertz CT molecular complexity index is 359. The molecule has 96 valence electrons. The van der Waals surface area contributed by atoms with Crippen molar-refractivity contribution in [2.45, 2.75) is 26.9 Å². The number of aromatic nitrogens is 3. The number of nitrogens with two attached hydrogens (primary N) is 1. The topological polar surface area (TPSA) is 106 Å². The van der Waals surface area contributed by atoms with Crippen LogP contribution in [0.1, 0.15) is 20.8 Å². The van der Waals surface area contributed by atoms with E-state index in [1.807, 2.05) is 20.8 Å². The summed E-state index contributed by atoms with van der Waals surface area (Å²) < 4.78 is 5.14. The lowest BCUT2D eigenvalue weighted by Gasteiger charge is -2.15. The predicted octanol–water partition coefficient (Wildman–Crippen LogP) is 0.281. The Labute approximate surface area is 100 Å². The minimum Gasteiger partial charge on any atom is -0.464 e. The molecule has 4 N–H and O–H groups in total. The summed E-state index contributed by atoms with van der Waals surface area (Å²) in [6, 6.07) is 0.182. The summed E-state index contributed by atoms with van der Waals surface area (Å²) in [5.74, 6) is 0.554. The number of rotatable bonds is 6.